The Balaban J connectivity index is 2.38. The minimum atomic E-state index is -1.00. The minimum absolute atomic E-state index is 0.0200. The highest BCUT2D eigenvalue weighted by atomic mass is 16.6. The van der Waals surface area contributed by atoms with Gasteiger partial charge in [0.1, 0.15) is 25.4 Å². The molecular formula is C18H24O9. The second-order valence-corrected chi connectivity index (χ2v) is 5.32. The van der Waals surface area contributed by atoms with Crippen LogP contribution in [-0.4, -0.2) is 74.0 Å². The number of hydrogen-bond acceptors (Lipinski definition) is 9. The molecule has 1 aromatic rings. The average molecular weight is 384 g/mol. The summed E-state index contributed by atoms with van der Waals surface area (Å²) in [6.07, 6.45) is 1.04. The molecule has 2 atom stereocenters. The van der Waals surface area contributed by atoms with Crippen LogP contribution in [0, 0.1) is 0 Å². The Bertz CT molecular complexity index is 557. The third-order valence-electron chi connectivity index (χ3n) is 2.91. The summed E-state index contributed by atoms with van der Waals surface area (Å²) in [6.45, 7) is 6.82. The zero-order chi connectivity index (χ0) is 20.1. The molecule has 0 aromatic carbocycles. The lowest BCUT2D eigenvalue weighted by Gasteiger charge is -2.10. The molecule has 0 amide bonds. The number of ether oxygens (including phenoxy) is 4. The average Bonchev–Trinajstić information content (AvgIpc) is 3.15. The first-order valence-corrected chi connectivity index (χ1v) is 8.15. The molecule has 0 spiro atoms. The Morgan fingerprint density at radius 1 is 0.889 bits per heavy atom. The lowest BCUT2D eigenvalue weighted by molar-refractivity contribution is -0.00905. The van der Waals surface area contributed by atoms with Gasteiger partial charge in [-0.05, 0) is 12.1 Å². The standard InChI is InChI=1S/C18H24O9/c1-3-7-23-9-13(19)11-25-17(21)15-5-6-16(27-15)18(22)26-12-14(20)10-24-8-4-2/h3-6,13-14,19-20H,1-2,7-12H2. The molecule has 0 saturated heterocycles. The van der Waals surface area contributed by atoms with Crippen LogP contribution >= 0.6 is 0 Å². The van der Waals surface area contributed by atoms with Crippen LogP contribution in [0.25, 0.3) is 0 Å². The summed E-state index contributed by atoms with van der Waals surface area (Å²) in [4.78, 5) is 23.7. The fourth-order valence-electron chi connectivity index (χ4n) is 1.71. The molecule has 1 aromatic heterocycles. The van der Waals surface area contributed by atoms with Crippen LogP contribution in [0.4, 0.5) is 0 Å². The Morgan fingerprint density at radius 2 is 1.30 bits per heavy atom. The van der Waals surface area contributed by atoms with Gasteiger partial charge in [0.05, 0.1) is 26.4 Å². The first-order chi connectivity index (χ1) is 13.0. The highest BCUT2D eigenvalue weighted by Crippen LogP contribution is 2.11. The number of aliphatic hydroxyl groups is 2. The Morgan fingerprint density at radius 3 is 1.67 bits per heavy atom. The molecule has 2 N–H and O–H groups in total. The summed E-state index contributed by atoms with van der Waals surface area (Å²) in [6, 6.07) is 2.48. The van der Waals surface area contributed by atoms with E-state index in [0.717, 1.165) is 0 Å². The zero-order valence-corrected chi connectivity index (χ0v) is 14.9. The van der Waals surface area contributed by atoms with E-state index in [1.54, 1.807) is 0 Å². The van der Waals surface area contributed by atoms with Crippen LogP contribution in [0.3, 0.4) is 0 Å². The second-order valence-electron chi connectivity index (χ2n) is 5.32. The van der Waals surface area contributed by atoms with Gasteiger partial charge in [-0.3, -0.25) is 0 Å². The van der Waals surface area contributed by atoms with Crippen molar-refractivity contribution in [3.8, 4) is 0 Å². The summed E-state index contributed by atoms with van der Waals surface area (Å²) in [5.41, 5.74) is 0. The largest absolute Gasteiger partial charge is 0.457 e. The van der Waals surface area contributed by atoms with Crippen molar-refractivity contribution in [2.75, 3.05) is 39.6 Å². The van der Waals surface area contributed by atoms with Gasteiger partial charge in [-0.1, -0.05) is 12.2 Å². The number of esters is 2. The van der Waals surface area contributed by atoms with E-state index in [-0.39, 0.29) is 51.2 Å². The van der Waals surface area contributed by atoms with Gasteiger partial charge in [0, 0.05) is 0 Å². The normalized spacial score (nSPS) is 12.8. The van der Waals surface area contributed by atoms with Crippen molar-refractivity contribution in [2.24, 2.45) is 0 Å². The van der Waals surface area contributed by atoms with Crippen molar-refractivity contribution >= 4 is 11.9 Å². The van der Waals surface area contributed by atoms with Crippen molar-refractivity contribution in [1.82, 2.24) is 0 Å². The monoisotopic (exact) mass is 384 g/mol. The number of carbonyl (C=O) groups is 2. The Labute approximate surface area is 156 Å². The molecule has 9 nitrogen and oxygen atoms in total. The quantitative estimate of drug-likeness (QED) is 0.271. The number of rotatable bonds is 14. The van der Waals surface area contributed by atoms with Crippen molar-refractivity contribution in [3.63, 3.8) is 0 Å². The van der Waals surface area contributed by atoms with Gasteiger partial charge >= 0.3 is 11.9 Å². The van der Waals surface area contributed by atoms with E-state index < -0.39 is 24.1 Å². The van der Waals surface area contributed by atoms with Crippen LogP contribution in [0.2, 0.25) is 0 Å². The van der Waals surface area contributed by atoms with Crippen LogP contribution in [0.5, 0.6) is 0 Å². The number of hydrogen-bond donors (Lipinski definition) is 2. The fourth-order valence-corrected chi connectivity index (χ4v) is 1.71. The predicted molar refractivity (Wildman–Crippen MR) is 93.3 cm³/mol. The number of carbonyl (C=O) groups excluding carboxylic acids is 2. The lowest BCUT2D eigenvalue weighted by atomic mass is 10.4. The molecule has 0 aliphatic rings. The van der Waals surface area contributed by atoms with E-state index >= 15 is 0 Å². The van der Waals surface area contributed by atoms with Crippen molar-refractivity contribution < 1.29 is 43.2 Å². The molecule has 27 heavy (non-hydrogen) atoms. The fraction of sp³-hybridized carbons (Fsp3) is 0.444. The molecular weight excluding hydrogens is 360 g/mol. The first-order valence-electron chi connectivity index (χ1n) is 8.15. The third-order valence-corrected chi connectivity index (χ3v) is 2.91. The van der Waals surface area contributed by atoms with Crippen molar-refractivity contribution in [1.29, 1.82) is 0 Å². The molecule has 1 heterocycles. The van der Waals surface area contributed by atoms with E-state index in [1.807, 2.05) is 0 Å². The Hall–Kier alpha value is -2.46. The van der Waals surface area contributed by atoms with Gasteiger partial charge in [0.15, 0.2) is 0 Å². The van der Waals surface area contributed by atoms with Crippen molar-refractivity contribution in [2.45, 2.75) is 12.2 Å². The second kappa shape index (κ2) is 12.8. The van der Waals surface area contributed by atoms with E-state index in [4.69, 9.17) is 23.4 Å². The van der Waals surface area contributed by atoms with Gasteiger partial charge in [-0.25, -0.2) is 9.59 Å². The molecule has 0 fully saturated rings. The van der Waals surface area contributed by atoms with Crippen LogP contribution in [-0.2, 0) is 18.9 Å². The van der Waals surface area contributed by atoms with Gasteiger partial charge in [0.25, 0.3) is 0 Å². The number of aliphatic hydroxyl groups excluding tert-OH is 2. The highest BCUT2D eigenvalue weighted by molar-refractivity contribution is 5.90. The molecule has 0 bridgehead atoms. The molecule has 9 heteroatoms. The molecule has 0 radical (unpaired) electrons. The highest BCUT2D eigenvalue weighted by Gasteiger charge is 2.20. The van der Waals surface area contributed by atoms with Gasteiger partial charge in [-0.15, -0.1) is 13.2 Å². The Kier molecular flexibility index (Phi) is 10.7. The van der Waals surface area contributed by atoms with Gasteiger partial charge in [0.2, 0.25) is 11.5 Å². The van der Waals surface area contributed by atoms with E-state index in [1.165, 1.54) is 24.3 Å². The van der Waals surface area contributed by atoms with E-state index in [0.29, 0.717) is 0 Å². The summed E-state index contributed by atoms with van der Waals surface area (Å²) < 4.78 is 24.8. The summed E-state index contributed by atoms with van der Waals surface area (Å²) in [7, 11) is 0. The third kappa shape index (κ3) is 9.15. The molecule has 0 aliphatic carbocycles. The molecule has 1 rings (SSSR count). The zero-order valence-electron chi connectivity index (χ0n) is 14.9. The summed E-state index contributed by atoms with van der Waals surface area (Å²) in [5, 5.41) is 19.2. The maximum atomic E-state index is 11.8. The van der Waals surface area contributed by atoms with E-state index in [2.05, 4.69) is 13.2 Å². The van der Waals surface area contributed by atoms with Crippen LogP contribution in [0.15, 0.2) is 41.9 Å². The van der Waals surface area contributed by atoms with Gasteiger partial charge < -0.3 is 33.6 Å². The van der Waals surface area contributed by atoms with Crippen LogP contribution < -0.4 is 0 Å². The SMILES string of the molecule is C=CCOCC(O)COC(=O)c1ccc(C(=O)OCC(O)COCC=C)o1. The summed E-state index contributed by atoms with van der Waals surface area (Å²) >= 11 is 0. The lowest BCUT2D eigenvalue weighted by Crippen LogP contribution is -2.24. The topological polar surface area (TPSA) is 125 Å². The molecule has 150 valence electrons. The van der Waals surface area contributed by atoms with Crippen molar-refractivity contribution in [3.05, 3.63) is 49.0 Å². The first kappa shape index (κ1) is 22.6. The van der Waals surface area contributed by atoms with Gasteiger partial charge in [-0.2, -0.15) is 0 Å². The molecule has 0 saturated carbocycles. The smallest absolute Gasteiger partial charge is 0.374 e. The molecule has 2 unspecified atom stereocenters. The van der Waals surface area contributed by atoms with E-state index in [9.17, 15) is 19.8 Å². The van der Waals surface area contributed by atoms with Crippen LogP contribution in [0.1, 0.15) is 21.1 Å². The molecule has 0 aliphatic heterocycles. The summed E-state index contributed by atoms with van der Waals surface area (Å²) in [5.74, 6) is -2.16. The maximum absolute atomic E-state index is 11.8. The minimum Gasteiger partial charge on any atom is -0.457 e. The predicted octanol–water partition coefficient (Wildman–Crippen LogP) is 0.720. The maximum Gasteiger partial charge on any atom is 0.374 e. The number of furan rings is 1.